The third kappa shape index (κ3) is 5.60. The molecule has 6 heteroatoms. The third-order valence-electron chi connectivity index (χ3n) is 5.27. The Morgan fingerprint density at radius 3 is 2.12 bits per heavy atom. The molecule has 0 saturated heterocycles. The lowest BCUT2D eigenvalue weighted by atomic mass is 9.85. The maximum absolute atomic E-state index is 13.1. The molecule has 4 aromatic carbocycles. The summed E-state index contributed by atoms with van der Waals surface area (Å²) in [7, 11) is 0. The number of hydrogen-bond donors (Lipinski definition) is 2. The van der Waals surface area contributed by atoms with Gasteiger partial charge in [-0.25, -0.2) is 5.43 Å². The maximum Gasteiger partial charge on any atom is 0.281 e. The Bertz CT molecular complexity index is 1220. The van der Waals surface area contributed by atoms with Crippen molar-refractivity contribution in [2.75, 3.05) is 0 Å². The van der Waals surface area contributed by atoms with Crippen LogP contribution in [0.2, 0.25) is 0 Å². The number of nitrogens with one attached hydrogen (secondary N) is 1. The fourth-order valence-electron chi connectivity index (χ4n) is 3.47. The second-order valence-electron chi connectivity index (χ2n) is 7.63. The van der Waals surface area contributed by atoms with Crippen molar-refractivity contribution in [1.82, 2.24) is 5.43 Å². The van der Waals surface area contributed by atoms with Crippen molar-refractivity contribution in [2.24, 2.45) is 5.10 Å². The number of carbonyl (C=O) groups excluding carboxylic acids is 1. The van der Waals surface area contributed by atoms with Gasteiger partial charge in [0.2, 0.25) is 0 Å². The Hall–Kier alpha value is -3.74. The summed E-state index contributed by atoms with van der Waals surface area (Å²) < 4.78 is 6.88. The first-order chi connectivity index (χ1) is 16.6. The highest BCUT2D eigenvalue weighted by atomic mass is 79.9. The number of benzene rings is 4. The van der Waals surface area contributed by atoms with Crippen LogP contribution in [0, 0.1) is 0 Å². The second-order valence-corrected chi connectivity index (χ2v) is 8.54. The van der Waals surface area contributed by atoms with Crippen LogP contribution in [0.5, 0.6) is 5.75 Å². The molecule has 0 saturated carbocycles. The lowest BCUT2D eigenvalue weighted by Gasteiger charge is -2.27. The molecule has 4 aromatic rings. The van der Waals surface area contributed by atoms with Gasteiger partial charge in [0, 0.05) is 4.47 Å². The molecular formula is C28H23BrN2O3. The molecule has 170 valence electrons. The summed E-state index contributed by atoms with van der Waals surface area (Å²) in [5.41, 5.74) is 3.32. The first-order valence-electron chi connectivity index (χ1n) is 10.7. The molecular weight excluding hydrogens is 492 g/mol. The van der Waals surface area contributed by atoms with E-state index in [9.17, 15) is 9.90 Å². The molecule has 2 N–H and O–H groups in total. The predicted molar refractivity (Wildman–Crippen MR) is 137 cm³/mol. The van der Waals surface area contributed by atoms with Crippen LogP contribution in [0.1, 0.15) is 22.3 Å². The molecule has 5 nitrogen and oxygen atoms in total. The van der Waals surface area contributed by atoms with Crippen molar-refractivity contribution in [1.29, 1.82) is 0 Å². The van der Waals surface area contributed by atoms with E-state index in [1.54, 1.807) is 48.5 Å². The van der Waals surface area contributed by atoms with E-state index in [-0.39, 0.29) is 0 Å². The van der Waals surface area contributed by atoms with E-state index >= 15 is 0 Å². The van der Waals surface area contributed by atoms with Crippen molar-refractivity contribution in [3.8, 4) is 5.75 Å². The molecule has 0 aliphatic rings. The Morgan fingerprint density at radius 1 is 0.882 bits per heavy atom. The van der Waals surface area contributed by atoms with Gasteiger partial charge in [0.05, 0.1) is 6.21 Å². The number of amides is 1. The maximum atomic E-state index is 13.1. The SMILES string of the molecule is O=C(N/N=C\c1cccc(OCc2ccc(Br)cc2)c1)C(O)(c1ccccc1)c1ccccc1. The molecule has 0 aromatic heterocycles. The van der Waals surface area contributed by atoms with Gasteiger partial charge in [-0.15, -0.1) is 0 Å². The summed E-state index contributed by atoms with van der Waals surface area (Å²) in [6.45, 7) is 0.436. The minimum Gasteiger partial charge on any atom is -0.489 e. The molecule has 0 bridgehead atoms. The van der Waals surface area contributed by atoms with Crippen molar-refractivity contribution in [3.63, 3.8) is 0 Å². The topological polar surface area (TPSA) is 70.9 Å². The van der Waals surface area contributed by atoms with E-state index in [0.717, 1.165) is 15.6 Å². The van der Waals surface area contributed by atoms with E-state index < -0.39 is 11.5 Å². The standard InChI is InChI=1S/C28H23BrN2O3/c29-25-16-14-21(15-17-25)20-34-26-13-7-8-22(18-26)19-30-31-27(32)28(33,23-9-3-1-4-10-23)24-11-5-2-6-12-24/h1-19,33H,20H2,(H,31,32)/b30-19-. The van der Waals surface area contributed by atoms with E-state index in [4.69, 9.17) is 4.74 Å². The van der Waals surface area contributed by atoms with Gasteiger partial charge in [-0.1, -0.05) is 101 Å². The first kappa shape index (κ1) is 23.4. The number of carbonyl (C=O) groups is 1. The number of ether oxygens (including phenoxy) is 1. The van der Waals surface area contributed by atoms with Gasteiger partial charge in [0.1, 0.15) is 12.4 Å². The molecule has 0 spiro atoms. The lowest BCUT2D eigenvalue weighted by Crippen LogP contribution is -2.43. The van der Waals surface area contributed by atoms with Gasteiger partial charge < -0.3 is 9.84 Å². The number of aliphatic hydroxyl groups is 1. The highest BCUT2D eigenvalue weighted by molar-refractivity contribution is 9.10. The van der Waals surface area contributed by atoms with Gasteiger partial charge in [0.15, 0.2) is 5.60 Å². The summed E-state index contributed by atoms with van der Waals surface area (Å²) in [5.74, 6) is 0.0343. The second kappa shape index (κ2) is 10.9. The first-order valence-corrected chi connectivity index (χ1v) is 11.5. The van der Waals surface area contributed by atoms with Crippen LogP contribution < -0.4 is 10.2 Å². The van der Waals surface area contributed by atoms with Crippen LogP contribution in [0.15, 0.2) is 119 Å². The zero-order valence-corrected chi connectivity index (χ0v) is 19.9. The predicted octanol–water partition coefficient (Wildman–Crippen LogP) is 5.41. The van der Waals surface area contributed by atoms with Gasteiger partial charge in [-0.05, 0) is 46.5 Å². The van der Waals surface area contributed by atoms with Gasteiger partial charge in [-0.2, -0.15) is 5.10 Å². The van der Waals surface area contributed by atoms with Crippen molar-refractivity contribution in [2.45, 2.75) is 12.2 Å². The quantitative estimate of drug-likeness (QED) is 0.244. The summed E-state index contributed by atoms with van der Waals surface area (Å²) in [4.78, 5) is 13.1. The van der Waals surface area contributed by atoms with E-state index in [2.05, 4.69) is 26.5 Å². The zero-order chi connectivity index (χ0) is 23.8. The van der Waals surface area contributed by atoms with Crippen molar-refractivity contribution < 1.29 is 14.6 Å². The normalized spacial score (nSPS) is 11.4. The summed E-state index contributed by atoms with van der Waals surface area (Å²) in [6.07, 6.45) is 1.51. The van der Waals surface area contributed by atoms with Crippen LogP contribution >= 0.6 is 15.9 Å². The molecule has 0 heterocycles. The van der Waals surface area contributed by atoms with Crippen LogP contribution in [-0.4, -0.2) is 17.2 Å². The molecule has 0 unspecified atom stereocenters. The average molecular weight is 515 g/mol. The van der Waals surface area contributed by atoms with E-state index in [0.29, 0.717) is 23.5 Å². The Kier molecular flexibility index (Phi) is 7.52. The average Bonchev–Trinajstić information content (AvgIpc) is 2.89. The highest BCUT2D eigenvalue weighted by Crippen LogP contribution is 2.29. The molecule has 1 amide bonds. The molecule has 34 heavy (non-hydrogen) atoms. The molecule has 0 fully saturated rings. The zero-order valence-electron chi connectivity index (χ0n) is 18.3. The third-order valence-corrected chi connectivity index (χ3v) is 5.80. The van der Waals surface area contributed by atoms with Gasteiger partial charge >= 0.3 is 0 Å². The molecule has 0 atom stereocenters. The van der Waals surface area contributed by atoms with Crippen LogP contribution in [0.25, 0.3) is 0 Å². The summed E-state index contributed by atoms with van der Waals surface area (Å²) >= 11 is 3.42. The minimum absolute atomic E-state index is 0.436. The molecule has 0 aliphatic carbocycles. The largest absolute Gasteiger partial charge is 0.489 e. The molecule has 0 radical (unpaired) electrons. The fourth-order valence-corrected chi connectivity index (χ4v) is 3.73. The Labute approximate surface area is 206 Å². The van der Waals surface area contributed by atoms with Gasteiger partial charge in [0.25, 0.3) is 5.91 Å². The smallest absolute Gasteiger partial charge is 0.281 e. The van der Waals surface area contributed by atoms with Crippen LogP contribution in [-0.2, 0) is 17.0 Å². The summed E-state index contributed by atoms with van der Waals surface area (Å²) in [6, 6.07) is 32.9. The monoisotopic (exact) mass is 514 g/mol. The molecule has 4 rings (SSSR count). The minimum atomic E-state index is -1.88. The number of hydrazone groups is 1. The molecule has 0 aliphatic heterocycles. The number of rotatable bonds is 8. The fraction of sp³-hybridized carbons (Fsp3) is 0.0714. The highest BCUT2D eigenvalue weighted by Gasteiger charge is 2.39. The number of hydrogen-bond acceptors (Lipinski definition) is 4. The van der Waals surface area contributed by atoms with E-state index in [1.807, 2.05) is 60.7 Å². The lowest BCUT2D eigenvalue weighted by molar-refractivity contribution is -0.136. The van der Waals surface area contributed by atoms with Gasteiger partial charge in [-0.3, -0.25) is 4.79 Å². The Morgan fingerprint density at radius 2 is 1.50 bits per heavy atom. The summed E-state index contributed by atoms with van der Waals surface area (Å²) in [5, 5.41) is 15.5. The van der Waals surface area contributed by atoms with Crippen molar-refractivity contribution in [3.05, 3.63) is 136 Å². The van der Waals surface area contributed by atoms with Crippen LogP contribution in [0.3, 0.4) is 0 Å². The Balaban J connectivity index is 1.46. The van der Waals surface area contributed by atoms with Crippen LogP contribution in [0.4, 0.5) is 0 Å². The number of halogens is 1. The number of nitrogens with zero attached hydrogens (tertiary/aromatic N) is 1. The van der Waals surface area contributed by atoms with Crippen molar-refractivity contribution >= 4 is 28.1 Å². The van der Waals surface area contributed by atoms with E-state index in [1.165, 1.54) is 6.21 Å².